The monoisotopic (exact) mass is 467 g/mol. The summed E-state index contributed by atoms with van der Waals surface area (Å²) in [6, 6.07) is 23.0. The van der Waals surface area contributed by atoms with Crippen LogP contribution in [0.3, 0.4) is 0 Å². The van der Waals surface area contributed by atoms with E-state index in [4.69, 9.17) is 4.74 Å². The van der Waals surface area contributed by atoms with Gasteiger partial charge in [-0.05, 0) is 67.3 Å². The highest BCUT2D eigenvalue weighted by Gasteiger charge is 2.15. The molecule has 0 atom stereocenters. The smallest absolute Gasteiger partial charge is 0.261 e. The van der Waals surface area contributed by atoms with Crippen molar-refractivity contribution in [2.24, 2.45) is 4.99 Å². The van der Waals surface area contributed by atoms with Crippen LogP contribution in [0.1, 0.15) is 30.4 Å². The number of anilines is 1. The van der Waals surface area contributed by atoms with Gasteiger partial charge in [0.1, 0.15) is 5.75 Å². The molecule has 6 heteroatoms. The first-order valence-corrected chi connectivity index (χ1v) is 12.0. The zero-order valence-electron chi connectivity index (χ0n) is 19.9. The van der Waals surface area contributed by atoms with E-state index in [0.29, 0.717) is 16.3 Å². The Morgan fingerprint density at radius 3 is 2.29 bits per heavy atom. The van der Waals surface area contributed by atoms with Crippen molar-refractivity contribution < 1.29 is 9.84 Å². The fourth-order valence-corrected chi connectivity index (χ4v) is 4.64. The van der Waals surface area contributed by atoms with Crippen LogP contribution < -0.4 is 15.2 Å². The topological polar surface area (TPSA) is 67.1 Å². The Morgan fingerprint density at radius 2 is 1.60 bits per heavy atom. The molecule has 4 aromatic rings. The van der Waals surface area contributed by atoms with Gasteiger partial charge in [0.25, 0.3) is 5.56 Å². The zero-order chi connectivity index (χ0) is 24.2. The Balaban J connectivity index is 1.49. The molecule has 0 amide bonds. The summed E-state index contributed by atoms with van der Waals surface area (Å²) in [5.41, 5.74) is 3.17. The van der Waals surface area contributed by atoms with Gasteiger partial charge >= 0.3 is 0 Å². The second-order valence-electron chi connectivity index (χ2n) is 8.84. The molecule has 1 fully saturated rings. The minimum atomic E-state index is -0.239. The van der Waals surface area contributed by atoms with Crippen molar-refractivity contribution in [3.05, 3.63) is 94.3 Å². The van der Waals surface area contributed by atoms with Crippen LogP contribution in [0, 0.1) is 0 Å². The maximum atomic E-state index is 13.2. The van der Waals surface area contributed by atoms with Gasteiger partial charge in [-0.3, -0.25) is 14.4 Å². The summed E-state index contributed by atoms with van der Waals surface area (Å²) in [4.78, 5) is 20.3. The number of aromatic hydroxyl groups is 1. The highest BCUT2D eigenvalue weighted by Crippen LogP contribution is 2.27. The Bertz CT molecular complexity index is 1400. The van der Waals surface area contributed by atoms with E-state index in [9.17, 15) is 9.90 Å². The van der Waals surface area contributed by atoms with Gasteiger partial charge in [-0.1, -0.05) is 30.3 Å². The van der Waals surface area contributed by atoms with Crippen molar-refractivity contribution in [3.63, 3.8) is 0 Å². The van der Waals surface area contributed by atoms with E-state index < -0.39 is 0 Å². The molecular weight excluding hydrogens is 438 g/mol. The second kappa shape index (κ2) is 10.1. The normalized spacial score (nSPS) is 14.0. The molecule has 0 radical (unpaired) electrons. The van der Waals surface area contributed by atoms with Gasteiger partial charge < -0.3 is 14.7 Å². The highest BCUT2D eigenvalue weighted by molar-refractivity contribution is 6.02. The highest BCUT2D eigenvalue weighted by atomic mass is 16.5. The lowest BCUT2D eigenvalue weighted by molar-refractivity contribution is 0.412. The molecule has 1 aromatic heterocycles. The molecule has 178 valence electrons. The van der Waals surface area contributed by atoms with E-state index in [-0.39, 0.29) is 18.0 Å². The van der Waals surface area contributed by atoms with E-state index in [1.54, 1.807) is 19.4 Å². The molecule has 5 rings (SSSR count). The predicted octanol–water partition coefficient (Wildman–Crippen LogP) is 5.50. The van der Waals surface area contributed by atoms with Crippen molar-refractivity contribution >= 4 is 28.4 Å². The second-order valence-corrected chi connectivity index (χ2v) is 8.84. The van der Waals surface area contributed by atoms with E-state index >= 15 is 0 Å². The quantitative estimate of drug-likeness (QED) is 0.380. The summed E-state index contributed by atoms with van der Waals surface area (Å²) < 4.78 is 6.62. The summed E-state index contributed by atoms with van der Waals surface area (Å²) >= 11 is 0. The first-order valence-electron chi connectivity index (χ1n) is 12.0. The predicted molar refractivity (Wildman–Crippen MR) is 142 cm³/mol. The molecule has 2 heterocycles. The number of methoxy groups -OCH3 is 1. The van der Waals surface area contributed by atoms with Crippen LogP contribution in [-0.4, -0.2) is 36.1 Å². The summed E-state index contributed by atoms with van der Waals surface area (Å²) in [5.74, 6) is 0.640. The Hall–Kier alpha value is -4.06. The van der Waals surface area contributed by atoms with Gasteiger partial charge in [0, 0.05) is 35.8 Å². The van der Waals surface area contributed by atoms with Gasteiger partial charge in [0.05, 0.1) is 24.9 Å². The summed E-state index contributed by atoms with van der Waals surface area (Å²) in [6.45, 7) is 2.43. The van der Waals surface area contributed by atoms with Gasteiger partial charge in [0.15, 0.2) is 0 Å². The minimum absolute atomic E-state index is 0.0989. The molecule has 0 unspecified atom stereocenters. The zero-order valence-corrected chi connectivity index (χ0v) is 19.9. The third-order valence-corrected chi connectivity index (χ3v) is 6.60. The van der Waals surface area contributed by atoms with Gasteiger partial charge in [-0.2, -0.15) is 0 Å². The molecule has 6 nitrogen and oxygen atoms in total. The van der Waals surface area contributed by atoms with Crippen molar-refractivity contribution in [3.8, 4) is 11.6 Å². The maximum Gasteiger partial charge on any atom is 0.261 e. The molecule has 3 aromatic carbocycles. The molecule has 1 aliphatic rings. The molecule has 1 saturated heterocycles. The van der Waals surface area contributed by atoms with Crippen molar-refractivity contribution in [2.75, 3.05) is 25.1 Å². The fourth-order valence-electron chi connectivity index (χ4n) is 4.64. The number of rotatable bonds is 6. The number of piperidine rings is 1. The summed E-state index contributed by atoms with van der Waals surface area (Å²) in [6.07, 6.45) is 5.42. The molecule has 0 bridgehead atoms. The standard InChI is InChI=1S/C29H29N3O3/c1-35-24-15-9-21(10-16-24)20-32-28(33)26-8-4-3-7-25(26)27(29(32)34)19-30-22-11-13-23(14-12-22)31-17-5-2-6-18-31/h3-4,7-16,19,34H,2,5-6,17-18,20H2,1H3. The van der Waals surface area contributed by atoms with E-state index in [0.717, 1.165) is 30.1 Å². The van der Waals surface area contributed by atoms with Gasteiger partial charge in [-0.25, -0.2) is 0 Å². The minimum Gasteiger partial charge on any atom is -0.497 e. The third kappa shape index (κ3) is 4.78. The molecular formula is C29H29N3O3. The van der Waals surface area contributed by atoms with E-state index in [2.05, 4.69) is 22.0 Å². The number of aliphatic imine (C=N–C) groups is 1. The number of nitrogens with zero attached hydrogens (tertiary/aromatic N) is 3. The van der Waals surface area contributed by atoms with Crippen molar-refractivity contribution in [1.29, 1.82) is 0 Å². The van der Waals surface area contributed by atoms with E-state index in [1.165, 1.54) is 29.5 Å². The van der Waals surface area contributed by atoms with Crippen LogP contribution in [-0.2, 0) is 6.54 Å². The third-order valence-electron chi connectivity index (χ3n) is 6.60. The maximum absolute atomic E-state index is 13.2. The average Bonchev–Trinajstić information content (AvgIpc) is 2.92. The number of aromatic nitrogens is 1. The van der Waals surface area contributed by atoms with Crippen LogP contribution in [0.5, 0.6) is 11.6 Å². The molecule has 0 aliphatic carbocycles. The summed E-state index contributed by atoms with van der Waals surface area (Å²) in [5, 5.41) is 12.4. The largest absolute Gasteiger partial charge is 0.497 e. The lowest BCUT2D eigenvalue weighted by Crippen LogP contribution is -2.29. The number of benzene rings is 3. The number of ether oxygens (including phenoxy) is 1. The first-order chi connectivity index (χ1) is 17.1. The number of fused-ring (bicyclic) bond motifs is 1. The lowest BCUT2D eigenvalue weighted by atomic mass is 10.1. The average molecular weight is 468 g/mol. The molecule has 1 N–H and O–H groups in total. The van der Waals surface area contributed by atoms with Gasteiger partial charge in [0.2, 0.25) is 5.88 Å². The molecule has 0 spiro atoms. The molecule has 35 heavy (non-hydrogen) atoms. The van der Waals surface area contributed by atoms with Crippen LogP contribution in [0.4, 0.5) is 11.4 Å². The fraction of sp³-hybridized carbons (Fsp3) is 0.241. The Kier molecular flexibility index (Phi) is 6.53. The molecule has 0 saturated carbocycles. The Morgan fingerprint density at radius 1 is 0.914 bits per heavy atom. The SMILES string of the molecule is COc1ccc(Cn2c(O)c(C=Nc3ccc(N4CCCCC4)cc3)c3ccccc3c2=O)cc1. The van der Waals surface area contributed by atoms with Crippen LogP contribution in [0.25, 0.3) is 10.8 Å². The number of hydrogen-bond acceptors (Lipinski definition) is 5. The van der Waals surface area contributed by atoms with Crippen molar-refractivity contribution in [2.45, 2.75) is 25.8 Å². The first kappa shape index (κ1) is 22.7. The van der Waals surface area contributed by atoms with Gasteiger partial charge in [-0.15, -0.1) is 0 Å². The van der Waals surface area contributed by atoms with E-state index in [1.807, 2.05) is 54.6 Å². The molecule has 1 aliphatic heterocycles. The van der Waals surface area contributed by atoms with Crippen molar-refractivity contribution in [1.82, 2.24) is 4.57 Å². The number of pyridine rings is 1. The number of hydrogen-bond donors (Lipinski definition) is 1. The van der Waals surface area contributed by atoms with Crippen LogP contribution in [0.2, 0.25) is 0 Å². The van der Waals surface area contributed by atoms with Crippen LogP contribution >= 0.6 is 0 Å². The van der Waals surface area contributed by atoms with Crippen LogP contribution in [0.15, 0.2) is 82.6 Å². The lowest BCUT2D eigenvalue weighted by Gasteiger charge is -2.28. The summed E-state index contributed by atoms with van der Waals surface area (Å²) in [7, 11) is 1.61. The Labute approximate surface area is 204 Å².